The van der Waals surface area contributed by atoms with Crippen LogP contribution in [0.2, 0.25) is 0 Å². The number of nitrogens with zero attached hydrogens (tertiary/aromatic N) is 1. The number of rotatable bonds is 3. The van der Waals surface area contributed by atoms with Crippen LogP contribution in [0.1, 0.15) is 38.5 Å². The smallest absolute Gasteiger partial charge is 0.00964 e. The first-order valence-electron chi connectivity index (χ1n) is 7.12. The molecule has 3 aliphatic rings. The Hall–Kier alpha value is -0.120. The molecule has 1 saturated carbocycles. The minimum Gasteiger partial charge on any atom is -0.317 e. The van der Waals surface area contributed by atoms with Crippen LogP contribution in [0.15, 0.2) is 0 Å². The molecular formula is C13H25N3. The molecule has 0 amide bonds. The summed E-state index contributed by atoms with van der Waals surface area (Å²) in [5.41, 5.74) is 0. The molecule has 3 heteroatoms. The average molecular weight is 223 g/mol. The van der Waals surface area contributed by atoms with Gasteiger partial charge in [0.2, 0.25) is 0 Å². The Balaban J connectivity index is 1.39. The van der Waals surface area contributed by atoms with Gasteiger partial charge < -0.3 is 15.5 Å². The molecule has 16 heavy (non-hydrogen) atoms. The Morgan fingerprint density at radius 2 is 1.44 bits per heavy atom. The van der Waals surface area contributed by atoms with Crippen LogP contribution in [0.25, 0.3) is 0 Å². The van der Waals surface area contributed by atoms with Crippen LogP contribution < -0.4 is 10.6 Å². The van der Waals surface area contributed by atoms with Gasteiger partial charge >= 0.3 is 0 Å². The van der Waals surface area contributed by atoms with Gasteiger partial charge in [0.1, 0.15) is 0 Å². The molecule has 1 aliphatic carbocycles. The molecule has 2 aliphatic heterocycles. The van der Waals surface area contributed by atoms with Crippen molar-refractivity contribution in [3.63, 3.8) is 0 Å². The predicted molar refractivity (Wildman–Crippen MR) is 66.6 cm³/mol. The third-order valence-electron chi connectivity index (χ3n) is 4.40. The summed E-state index contributed by atoms with van der Waals surface area (Å²) in [6, 6.07) is 2.57. The zero-order valence-corrected chi connectivity index (χ0v) is 10.3. The zero-order chi connectivity index (χ0) is 10.8. The third-order valence-corrected chi connectivity index (χ3v) is 4.40. The van der Waals surface area contributed by atoms with E-state index < -0.39 is 0 Å². The van der Waals surface area contributed by atoms with E-state index in [1.165, 1.54) is 64.7 Å². The predicted octanol–water partition coefficient (Wildman–Crippen LogP) is 0.955. The van der Waals surface area contributed by atoms with E-state index in [4.69, 9.17) is 0 Å². The monoisotopic (exact) mass is 223 g/mol. The lowest BCUT2D eigenvalue weighted by Crippen LogP contribution is -2.49. The van der Waals surface area contributed by atoms with Crippen molar-refractivity contribution < 1.29 is 0 Å². The number of hydrogen-bond acceptors (Lipinski definition) is 3. The van der Waals surface area contributed by atoms with Crippen LogP contribution in [-0.4, -0.2) is 49.2 Å². The maximum absolute atomic E-state index is 3.87. The molecule has 3 nitrogen and oxygen atoms in total. The molecule has 0 spiro atoms. The van der Waals surface area contributed by atoms with Gasteiger partial charge in [-0.15, -0.1) is 0 Å². The van der Waals surface area contributed by atoms with Crippen molar-refractivity contribution in [2.24, 2.45) is 0 Å². The van der Waals surface area contributed by atoms with Gasteiger partial charge in [-0.1, -0.05) is 0 Å². The van der Waals surface area contributed by atoms with Crippen molar-refractivity contribution >= 4 is 0 Å². The topological polar surface area (TPSA) is 27.3 Å². The Bertz CT molecular complexity index is 213. The summed E-state index contributed by atoms with van der Waals surface area (Å²) in [5.74, 6) is 0. The Morgan fingerprint density at radius 3 is 2.06 bits per heavy atom. The van der Waals surface area contributed by atoms with E-state index in [9.17, 15) is 0 Å². The molecule has 0 aromatic heterocycles. The van der Waals surface area contributed by atoms with Gasteiger partial charge in [0, 0.05) is 18.1 Å². The van der Waals surface area contributed by atoms with Gasteiger partial charge in [-0.2, -0.15) is 0 Å². The summed E-state index contributed by atoms with van der Waals surface area (Å²) < 4.78 is 0. The molecule has 2 heterocycles. The van der Waals surface area contributed by atoms with Gasteiger partial charge in [0.25, 0.3) is 0 Å². The highest BCUT2D eigenvalue weighted by molar-refractivity contribution is 4.90. The van der Waals surface area contributed by atoms with Gasteiger partial charge in [0.05, 0.1) is 0 Å². The molecule has 0 atom stereocenters. The van der Waals surface area contributed by atoms with Gasteiger partial charge in [0.15, 0.2) is 0 Å². The lowest BCUT2D eigenvalue weighted by atomic mass is 10.0. The van der Waals surface area contributed by atoms with Gasteiger partial charge in [-0.3, -0.25) is 0 Å². The molecule has 2 N–H and O–H groups in total. The van der Waals surface area contributed by atoms with Crippen LogP contribution in [0.4, 0.5) is 0 Å². The molecule has 3 fully saturated rings. The molecule has 0 radical (unpaired) electrons. The summed E-state index contributed by atoms with van der Waals surface area (Å²) >= 11 is 0. The minimum absolute atomic E-state index is 0.790. The number of likely N-dealkylation sites (tertiary alicyclic amines) is 1. The summed E-state index contributed by atoms with van der Waals surface area (Å²) in [6.07, 6.45) is 8.32. The van der Waals surface area contributed by atoms with Gasteiger partial charge in [-0.25, -0.2) is 0 Å². The molecule has 0 aromatic carbocycles. The van der Waals surface area contributed by atoms with Crippen LogP contribution in [0.3, 0.4) is 0 Å². The van der Waals surface area contributed by atoms with E-state index in [1.54, 1.807) is 0 Å². The Labute approximate surface area is 99.0 Å². The highest BCUT2D eigenvalue weighted by atomic mass is 15.2. The van der Waals surface area contributed by atoms with Crippen LogP contribution in [-0.2, 0) is 0 Å². The Morgan fingerprint density at radius 1 is 0.812 bits per heavy atom. The molecule has 0 unspecified atom stereocenters. The average Bonchev–Trinajstić information content (AvgIpc) is 3.15. The fourth-order valence-electron chi connectivity index (χ4n) is 3.19. The largest absolute Gasteiger partial charge is 0.317 e. The van der Waals surface area contributed by atoms with E-state index in [1.807, 2.05) is 0 Å². The van der Waals surface area contributed by atoms with Crippen molar-refractivity contribution in [1.29, 1.82) is 0 Å². The van der Waals surface area contributed by atoms with Crippen LogP contribution in [0.5, 0.6) is 0 Å². The van der Waals surface area contributed by atoms with Crippen molar-refractivity contribution in [3.8, 4) is 0 Å². The van der Waals surface area contributed by atoms with Gasteiger partial charge in [-0.05, 0) is 64.7 Å². The first-order valence-corrected chi connectivity index (χ1v) is 7.12. The highest BCUT2D eigenvalue weighted by Crippen LogP contribution is 2.29. The molecular weight excluding hydrogens is 198 g/mol. The number of piperidine rings is 2. The summed E-state index contributed by atoms with van der Waals surface area (Å²) in [5, 5.41) is 7.30. The van der Waals surface area contributed by atoms with Crippen molar-refractivity contribution in [3.05, 3.63) is 0 Å². The fraction of sp³-hybridized carbons (Fsp3) is 1.00. The number of nitrogens with one attached hydrogen (secondary N) is 2. The minimum atomic E-state index is 0.790. The SMILES string of the molecule is C1CC(NC2CCN(C3CC3)CC2)CCN1. The molecule has 92 valence electrons. The Kier molecular flexibility index (Phi) is 3.46. The lowest BCUT2D eigenvalue weighted by Gasteiger charge is -2.35. The van der Waals surface area contributed by atoms with E-state index >= 15 is 0 Å². The van der Waals surface area contributed by atoms with Crippen molar-refractivity contribution in [2.45, 2.75) is 56.7 Å². The molecule has 2 saturated heterocycles. The van der Waals surface area contributed by atoms with Crippen LogP contribution >= 0.6 is 0 Å². The van der Waals surface area contributed by atoms with E-state index in [2.05, 4.69) is 15.5 Å². The van der Waals surface area contributed by atoms with Crippen molar-refractivity contribution in [1.82, 2.24) is 15.5 Å². The first-order chi connectivity index (χ1) is 7.92. The first kappa shape index (κ1) is 11.0. The normalized spacial score (nSPS) is 30.8. The quantitative estimate of drug-likeness (QED) is 0.746. The maximum Gasteiger partial charge on any atom is 0.00964 e. The summed E-state index contributed by atoms with van der Waals surface area (Å²) in [7, 11) is 0. The molecule has 3 rings (SSSR count). The van der Waals surface area contributed by atoms with Crippen molar-refractivity contribution in [2.75, 3.05) is 26.2 Å². The molecule has 0 bridgehead atoms. The fourth-order valence-corrected chi connectivity index (χ4v) is 3.19. The molecule has 0 aromatic rings. The standard InChI is InChI=1S/C13H25N3/c1-2-13(1)16-9-5-12(6-10-16)15-11-3-7-14-8-4-11/h11-15H,1-10H2. The van der Waals surface area contributed by atoms with Crippen LogP contribution in [0, 0.1) is 0 Å². The lowest BCUT2D eigenvalue weighted by molar-refractivity contribution is 0.178. The van der Waals surface area contributed by atoms with E-state index in [-0.39, 0.29) is 0 Å². The third kappa shape index (κ3) is 2.76. The highest BCUT2D eigenvalue weighted by Gasteiger charge is 2.32. The maximum atomic E-state index is 3.87. The second-order valence-corrected chi connectivity index (χ2v) is 5.73. The second kappa shape index (κ2) is 5.03. The second-order valence-electron chi connectivity index (χ2n) is 5.73. The number of hydrogen-bond donors (Lipinski definition) is 2. The van der Waals surface area contributed by atoms with E-state index in [0.29, 0.717) is 0 Å². The summed E-state index contributed by atoms with van der Waals surface area (Å²) in [6.45, 7) is 5.10. The van der Waals surface area contributed by atoms with E-state index in [0.717, 1.165) is 18.1 Å². The zero-order valence-electron chi connectivity index (χ0n) is 10.3. The summed E-state index contributed by atoms with van der Waals surface area (Å²) in [4.78, 5) is 2.71.